The summed E-state index contributed by atoms with van der Waals surface area (Å²) in [5, 5.41) is 14.6. The van der Waals surface area contributed by atoms with Gasteiger partial charge in [-0.05, 0) is 18.6 Å². The lowest BCUT2D eigenvalue weighted by atomic mass is 10.3. The molecule has 8 nitrogen and oxygen atoms in total. The molecule has 0 aliphatic carbocycles. The summed E-state index contributed by atoms with van der Waals surface area (Å²) in [6, 6.07) is 3.82. The molecule has 2 aromatic heterocycles. The van der Waals surface area contributed by atoms with Crippen LogP contribution in [-0.4, -0.2) is 45.9 Å². The molecule has 2 heterocycles. The van der Waals surface area contributed by atoms with E-state index in [0.29, 0.717) is 12.4 Å². The number of nitrogens with zero attached hydrogens (tertiary/aromatic N) is 5. The smallest absolute Gasteiger partial charge is 0.213 e. The lowest BCUT2D eigenvalue weighted by Gasteiger charge is -2.12. The number of aliphatic imine (C=N–C) groups is 1. The number of aryl methyl sites for hydroxylation is 1. The van der Waals surface area contributed by atoms with E-state index in [4.69, 9.17) is 4.74 Å². The molecule has 0 amide bonds. The summed E-state index contributed by atoms with van der Waals surface area (Å²) < 4.78 is 7.18. The zero-order chi connectivity index (χ0) is 17.2. The van der Waals surface area contributed by atoms with Gasteiger partial charge in [0.2, 0.25) is 5.88 Å². The first-order chi connectivity index (χ1) is 11.8. The summed E-state index contributed by atoms with van der Waals surface area (Å²) >= 11 is 0. The Bertz CT molecular complexity index is 659. The average molecular weight is 459 g/mol. The fourth-order valence-corrected chi connectivity index (χ4v) is 2.21. The second-order valence-electron chi connectivity index (χ2n) is 5.12. The molecule has 0 saturated heterocycles. The standard InChI is InChI=1S/C16H25N7O.HI/c1-4-14-22-21-12-23(14)9-8-19-16(17-5-2)20-11-13-6-7-18-15(10-13)24-3;/h6-7,10,12H,4-5,8-9,11H2,1-3H3,(H2,17,19,20);1H. The van der Waals surface area contributed by atoms with Gasteiger partial charge in [-0.3, -0.25) is 0 Å². The van der Waals surface area contributed by atoms with E-state index in [9.17, 15) is 0 Å². The van der Waals surface area contributed by atoms with Crippen molar-refractivity contribution in [2.45, 2.75) is 33.4 Å². The van der Waals surface area contributed by atoms with Crippen LogP contribution in [0.1, 0.15) is 25.2 Å². The molecule has 138 valence electrons. The number of methoxy groups -OCH3 is 1. The van der Waals surface area contributed by atoms with E-state index >= 15 is 0 Å². The zero-order valence-corrected chi connectivity index (χ0v) is 17.2. The first-order valence-corrected chi connectivity index (χ1v) is 8.14. The molecule has 0 saturated carbocycles. The quantitative estimate of drug-likeness (QED) is 0.355. The number of nitrogens with one attached hydrogen (secondary N) is 2. The third-order valence-corrected chi connectivity index (χ3v) is 3.43. The van der Waals surface area contributed by atoms with Crippen LogP contribution >= 0.6 is 24.0 Å². The molecule has 9 heteroatoms. The monoisotopic (exact) mass is 459 g/mol. The Morgan fingerprint density at radius 2 is 2.16 bits per heavy atom. The second kappa shape index (κ2) is 11.6. The number of guanidine groups is 1. The zero-order valence-electron chi connectivity index (χ0n) is 14.9. The highest BCUT2D eigenvalue weighted by molar-refractivity contribution is 14.0. The molecule has 25 heavy (non-hydrogen) atoms. The molecule has 0 spiro atoms. The van der Waals surface area contributed by atoms with Gasteiger partial charge in [-0.15, -0.1) is 34.2 Å². The maximum Gasteiger partial charge on any atom is 0.213 e. The molecule has 0 radical (unpaired) electrons. The number of hydrogen-bond acceptors (Lipinski definition) is 5. The molecule has 0 unspecified atom stereocenters. The Morgan fingerprint density at radius 1 is 1.32 bits per heavy atom. The van der Waals surface area contributed by atoms with E-state index in [1.54, 1.807) is 19.6 Å². The van der Waals surface area contributed by atoms with E-state index in [2.05, 4.69) is 37.7 Å². The predicted molar refractivity (Wildman–Crippen MR) is 108 cm³/mol. The maximum absolute atomic E-state index is 5.13. The molecule has 2 rings (SSSR count). The van der Waals surface area contributed by atoms with Gasteiger partial charge in [-0.2, -0.15) is 0 Å². The first-order valence-electron chi connectivity index (χ1n) is 8.14. The molecular formula is C16H26IN7O. The Kier molecular flexibility index (Phi) is 9.81. The number of halogens is 1. The summed E-state index contributed by atoms with van der Waals surface area (Å²) in [6.07, 6.45) is 4.36. The normalized spacial score (nSPS) is 10.9. The minimum atomic E-state index is 0. The minimum absolute atomic E-state index is 0. The van der Waals surface area contributed by atoms with Crippen LogP contribution in [-0.2, 0) is 19.5 Å². The fourth-order valence-electron chi connectivity index (χ4n) is 2.21. The summed E-state index contributed by atoms with van der Waals surface area (Å²) in [6.45, 7) is 7.02. The summed E-state index contributed by atoms with van der Waals surface area (Å²) in [4.78, 5) is 8.69. The largest absolute Gasteiger partial charge is 0.481 e. The van der Waals surface area contributed by atoms with E-state index in [1.807, 2.05) is 23.6 Å². The van der Waals surface area contributed by atoms with Crippen LogP contribution in [0.4, 0.5) is 0 Å². The van der Waals surface area contributed by atoms with Gasteiger partial charge in [0.25, 0.3) is 0 Å². The number of ether oxygens (including phenoxy) is 1. The molecule has 2 aromatic rings. The van der Waals surface area contributed by atoms with Crippen LogP contribution in [0.2, 0.25) is 0 Å². The van der Waals surface area contributed by atoms with Crippen molar-refractivity contribution in [2.24, 2.45) is 4.99 Å². The van der Waals surface area contributed by atoms with E-state index in [0.717, 1.165) is 43.4 Å². The van der Waals surface area contributed by atoms with Gasteiger partial charge in [0.15, 0.2) is 5.96 Å². The van der Waals surface area contributed by atoms with Crippen molar-refractivity contribution in [3.8, 4) is 5.88 Å². The fraction of sp³-hybridized carbons (Fsp3) is 0.500. The number of aromatic nitrogens is 4. The summed E-state index contributed by atoms with van der Waals surface area (Å²) in [7, 11) is 1.61. The van der Waals surface area contributed by atoms with Crippen LogP contribution < -0.4 is 15.4 Å². The van der Waals surface area contributed by atoms with E-state index in [-0.39, 0.29) is 24.0 Å². The minimum Gasteiger partial charge on any atom is -0.481 e. The highest BCUT2D eigenvalue weighted by Gasteiger charge is 2.03. The van der Waals surface area contributed by atoms with Gasteiger partial charge < -0.3 is 19.9 Å². The van der Waals surface area contributed by atoms with Crippen molar-refractivity contribution in [3.63, 3.8) is 0 Å². The molecule has 0 fully saturated rings. The number of pyridine rings is 1. The maximum atomic E-state index is 5.13. The van der Waals surface area contributed by atoms with Crippen LogP contribution in [0.5, 0.6) is 5.88 Å². The van der Waals surface area contributed by atoms with Crippen molar-refractivity contribution < 1.29 is 4.74 Å². The third-order valence-electron chi connectivity index (χ3n) is 3.43. The molecule has 0 aliphatic heterocycles. The predicted octanol–water partition coefficient (Wildman–Crippen LogP) is 1.62. The summed E-state index contributed by atoms with van der Waals surface area (Å²) in [5.74, 6) is 2.36. The van der Waals surface area contributed by atoms with E-state index in [1.165, 1.54) is 0 Å². The first kappa shape index (κ1) is 21.1. The lowest BCUT2D eigenvalue weighted by Crippen LogP contribution is -2.38. The van der Waals surface area contributed by atoms with Crippen molar-refractivity contribution >= 4 is 29.9 Å². The van der Waals surface area contributed by atoms with Crippen LogP contribution in [0, 0.1) is 0 Å². The van der Waals surface area contributed by atoms with Gasteiger partial charge in [-0.1, -0.05) is 6.92 Å². The highest BCUT2D eigenvalue weighted by atomic mass is 127. The Hall–Kier alpha value is -1.91. The van der Waals surface area contributed by atoms with Gasteiger partial charge in [0.1, 0.15) is 12.2 Å². The highest BCUT2D eigenvalue weighted by Crippen LogP contribution is 2.09. The van der Waals surface area contributed by atoms with Gasteiger partial charge in [-0.25, -0.2) is 9.98 Å². The molecule has 2 N–H and O–H groups in total. The lowest BCUT2D eigenvalue weighted by molar-refractivity contribution is 0.397. The van der Waals surface area contributed by atoms with Gasteiger partial charge in [0.05, 0.1) is 13.7 Å². The molecular weight excluding hydrogens is 433 g/mol. The number of rotatable bonds is 8. The van der Waals surface area contributed by atoms with Crippen LogP contribution in [0.15, 0.2) is 29.6 Å². The van der Waals surface area contributed by atoms with E-state index < -0.39 is 0 Å². The molecule has 0 bridgehead atoms. The SMILES string of the molecule is CCNC(=NCc1ccnc(OC)c1)NCCn1cnnc1CC.I. The van der Waals surface area contributed by atoms with Crippen molar-refractivity contribution in [1.29, 1.82) is 0 Å². The van der Waals surface area contributed by atoms with Crippen LogP contribution in [0.3, 0.4) is 0 Å². The Morgan fingerprint density at radius 3 is 2.88 bits per heavy atom. The van der Waals surface area contributed by atoms with Gasteiger partial charge >= 0.3 is 0 Å². The molecule has 0 aliphatic rings. The van der Waals surface area contributed by atoms with Crippen molar-refractivity contribution in [2.75, 3.05) is 20.2 Å². The number of hydrogen-bond donors (Lipinski definition) is 2. The molecule has 0 atom stereocenters. The summed E-state index contributed by atoms with van der Waals surface area (Å²) in [5.41, 5.74) is 1.05. The van der Waals surface area contributed by atoms with Crippen LogP contribution in [0.25, 0.3) is 0 Å². The third kappa shape index (κ3) is 6.85. The Labute approximate surface area is 165 Å². The Balaban J connectivity index is 0.00000312. The van der Waals surface area contributed by atoms with Gasteiger partial charge in [0, 0.05) is 38.3 Å². The van der Waals surface area contributed by atoms with Crippen molar-refractivity contribution in [1.82, 2.24) is 30.4 Å². The second-order valence-corrected chi connectivity index (χ2v) is 5.12. The topological polar surface area (TPSA) is 89.3 Å². The molecule has 0 aromatic carbocycles. The van der Waals surface area contributed by atoms with Crippen molar-refractivity contribution in [3.05, 3.63) is 36.0 Å². The average Bonchev–Trinajstić information content (AvgIpc) is 3.07.